The second-order valence-electron chi connectivity index (χ2n) is 7.69. The molecule has 7 nitrogen and oxygen atoms in total. The lowest BCUT2D eigenvalue weighted by Gasteiger charge is -2.20. The highest BCUT2D eigenvalue weighted by Gasteiger charge is 2.41. The van der Waals surface area contributed by atoms with E-state index in [9.17, 15) is 23.1 Å². The van der Waals surface area contributed by atoms with Crippen LogP contribution in [0.4, 0.5) is 0 Å². The minimum atomic E-state index is -3.42. The summed E-state index contributed by atoms with van der Waals surface area (Å²) >= 11 is 0. The molecule has 1 aromatic rings. The summed E-state index contributed by atoms with van der Waals surface area (Å²) in [6, 6.07) is 6.71. The summed E-state index contributed by atoms with van der Waals surface area (Å²) in [5, 5.41) is 9.26. The van der Waals surface area contributed by atoms with Gasteiger partial charge in [0.2, 0.25) is 15.9 Å². The Morgan fingerprint density at radius 1 is 1.11 bits per heavy atom. The Morgan fingerprint density at radius 2 is 1.74 bits per heavy atom. The molecule has 1 N–H and O–H groups in total. The molecule has 2 aliphatic heterocycles. The van der Waals surface area contributed by atoms with E-state index in [1.54, 1.807) is 36.1 Å². The fourth-order valence-electron chi connectivity index (χ4n) is 3.66. The van der Waals surface area contributed by atoms with Gasteiger partial charge in [-0.2, -0.15) is 4.31 Å². The minimum Gasteiger partial charge on any atom is -0.481 e. The number of amides is 1. The Morgan fingerprint density at radius 3 is 2.30 bits per heavy atom. The Labute approximate surface area is 160 Å². The van der Waals surface area contributed by atoms with Crippen LogP contribution in [0.25, 0.3) is 0 Å². The predicted molar refractivity (Wildman–Crippen MR) is 99.7 cm³/mol. The van der Waals surface area contributed by atoms with E-state index >= 15 is 0 Å². The van der Waals surface area contributed by atoms with Crippen molar-refractivity contribution in [3.63, 3.8) is 0 Å². The van der Waals surface area contributed by atoms with Gasteiger partial charge in [0, 0.05) is 32.6 Å². The lowest BCUT2D eigenvalue weighted by atomic mass is 9.90. The number of hydrogen-bond acceptors (Lipinski definition) is 4. The van der Waals surface area contributed by atoms with Gasteiger partial charge in [-0.1, -0.05) is 12.1 Å². The molecule has 0 aliphatic carbocycles. The van der Waals surface area contributed by atoms with Crippen molar-refractivity contribution in [1.29, 1.82) is 0 Å². The molecule has 3 rings (SSSR count). The summed E-state index contributed by atoms with van der Waals surface area (Å²) in [4.78, 5) is 25.5. The van der Waals surface area contributed by atoms with E-state index in [0.717, 1.165) is 18.4 Å². The quantitative estimate of drug-likeness (QED) is 0.793. The van der Waals surface area contributed by atoms with Crippen LogP contribution in [0.1, 0.15) is 38.2 Å². The number of carboxylic acids is 1. The number of carboxylic acid groups (broad SMARTS) is 1. The fourth-order valence-corrected chi connectivity index (χ4v) is 5.18. The van der Waals surface area contributed by atoms with Gasteiger partial charge < -0.3 is 10.0 Å². The molecule has 2 aliphatic rings. The SMILES string of the molecule is CC1(C(=O)O)CCN(C(=O)CCc2ccc(S(=O)(=O)N3CCCC3)cc2)C1. The summed E-state index contributed by atoms with van der Waals surface area (Å²) in [7, 11) is -3.42. The highest BCUT2D eigenvalue weighted by atomic mass is 32.2. The van der Waals surface area contributed by atoms with Crippen LogP contribution < -0.4 is 0 Å². The number of hydrogen-bond donors (Lipinski definition) is 1. The summed E-state index contributed by atoms with van der Waals surface area (Å²) in [5.41, 5.74) is 0.0326. The number of benzene rings is 1. The molecule has 0 spiro atoms. The van der Waals surface area contributed by atoms with Gasteiger partial charge in [-0.15, -0.1) is 0 Å². The average Bonchev–Trinajstić information content (AvgIpc) is 3.31. The molecule has 0 aromatic heterocycles. The fraction of sp³-hybridized carbons (Fsp3) is 0.579. The number of sulfonamides is 1. The van der Waals surface area contributed by atoms with Crippen LogP contribution in [0.2, 0.25) is 0 Å². The highest BCUT2D eigenvalue weighted by Crippen LogP contribution is 2.30. The zero-order chi connectivity index (χ0) is 19.7. The zero-order valence-corrected chi connectivity index (χ0v) is 16.4. The van der Waals surface area contributed by atoms with E-state index in [-0.39, 0.29) is 23.8 Å². The van der Waals surface area contributed by atoms with Gasteiger partial charge >= 0.3 is 5.97 Å². The Balaban J connectivity index is 1.56. The normalized spacial score (nSPS) is 23.7. The minimum absolute atomic E-state index is 0.0614. The third-order valence-corrected chi connectivity index (χ3v) is 7.51. The lowest BCUT2D eigenvalue weighted by Crippen LogP contribution is -2.34. The zero-order valence-electron chi connectivity index (χ0n) is 15.6. The predicted octanol–water partition coefficient (Wildman–Crippen LogP) is 1.73. The van der Waals surface area contributed by atoms with Gasteiger partial charge in [0.25, 0.3) is 0 Å². The molecular weight excluding hydrogens is 368 g/mol. The van der Waals surface area contributed by atoms with Crippen molar-refractivity contribution < 1.29 is 23.1 Å². The molecule has 2 fully saturated rings. The van der Waals surface area contributed by atoms with Crippen LogP contribution in [-0.2, 0) is 26.0 Å². The first-order valence-electron chi connectivity index (χ1n) is 9.33. The number of likely N-dealkylation sites (tertiary alicyclic amines) is 1. The number of aryl methyl sites for hydroxylation is 1. The molecule has 148 valence electrons. The van der Waals surface area contributed by atoms with E-state index in [1.165, 1.54) is 4.31 Å². The summed E-state index contributed by atoms with van der Waals surface area (Å²) in [6.07, 6.45) is 3.06. The smallest absolute Gasteiger partial charge is 0.311 e. The van der Waals surface area contributed by atoms with Crippen LogP contribution in [0.15, 0.2) is 29.2 Å². The third-order valence-electron chi connectivity index (χ3n) is 5.60. The van der Waals surface area contributed by atoms with Crippen LogP contribution in [-0.4, -0.2) is 60.8 Å². The third kappa shape index (κ3) is 4.16. The standard InChI is InChI=1S/C19H26N2O5S/c1-19(18(23)24)10-13-20(14-19)17(22)9-6-15-4-7-16(8-5-15)27(25,26)21-11-2-3-12-21/h4-5,7-8H,2-3,6,9-14H2,1H3,(H,23,24). The van der Waals surface area contributed by atoms with Gasteiger partial charge in [-0.05, 0) is 50.3 Å². The molecule has 8 heteroatoms. The number of rotatable bonds is 6. The monoisotopic (exact) mass is 394 g/mol. The van der Waals surface area contributed by atoms with Crippen molar-refractivity contribution in [1.82, 2.24) is 9.21 Å². The second-order valence-corrected chi connectivity index (χ2v) is 9.62. The molecule has 1 aromatic carbocycles. The number of nitrogens with zero attached hydrogens (tertiary/aromatic N) is 2. The Hall–Kier alpha value is -1.93. The summed E-state index contributed by atoms with van der Waals surface area (Å²) in [6.45, 7) is 3.53. The van der Waals surface area contributed by atoms with Crippen molar-refractivity contribution in [2.24, 2.45) is 5.41 Å². The van der Waals surface area contributed by atoms with Crippen molar-refractivity contribution in [2.45, 2.75) is 43.9 Å². The summed E-state index contributed by atoms with van der Waals surface area (Å²) in [5.74, 6) is -0.929. The number of carbonyl (C=O) groups is 2. The van der Waals surface area contributed by atoms with E-state index in [2.05, 4.69) is 0 Å². The molecule has 1 amide bonds. The van der Waals surface area contributed by atoms with Gasteiger partial charge in [-0.25, -0.2) is 8.42 Å². The molecule has 0 saturated carbocycles. The molecule has 0 bridgehead atoms. The lowest BCUT2D eigenvalue weighted by molar-refractivity contribution is -0.147. The largest absolute Gasteiger partial charge is 0.481 e. The first-order chi connectivity index (χ1) is 12.7. The molecule has 2 heterocycles. The van der Waals surface area contributed by atoms with Crippen molar-refractivity contribution in [3.8, 4) is 0 Å². The molecule has 1 atom stereocenters. The second kappa shape index (κ2) is 7.59. The average molecular weight is 394 g/mol. The van der Waals surface area contributed by atoms with Crippen LogP contribution in [0, 0.1) is 5.41 Å². The number of carbonyl (C=O) groups excluding carboxylic acids is 1. The van der Waals surface area contributed by atoms with Crippen LogP contribution in [0.5, 0.6) is 0 Å². The topological polar surface area (TPSA) is 95.0 Å². The van der Waals surface area contributed by atoms with E-state index in [1.807, 2.05) is 0 Å². The van der Waals surface area contributed by atoms with Crippen molar-refractivity contribution in [2.75, 3.05) is 26.2 Å². The molecular formula is C19H26N2O5S. The highest BCUT2D eigenvalue weighted by molar-refractivity contribution is 7.89. The summed E-state index contributed by atoms with van der Waals surface area (Å²) < 4.78 is 26.6. The molecule has 0 radical (unpaired) electrons. The van der Waals surface area contributed by atoms with Crippen molar-refractivity contribution >= 4 is 21.9 Å². The maximum atomic E-state index is 12.5. The van der Waals surface area contributed by atoms with E-state index in [4.69, 9.17) is 0 Å². The van der Waals surface area contributed by atoms with E-state index in [0.29, 0.717) is 32.5 Å². The van der Waals surface area contributed by atoms with Gasteiger partial charge in [0.15, 0.2) is 0 Å². The van der Waals surface area contributed by atoms with Gasteiger partial charge in [0.1, 0.15) is 0 Å². The Bertz CT molecular complexity index is 815. The maximum Gasteiger partial charge on any atom is 0.311 e. The molecule has 2 saturated heterocycles. The number of aliphatic carboxylic acids is 1. The molecule has 27 heavy (non-hydrogen) atoms. The Kier molecular flexibility index (Phi) is 5.58. The first kappa shape index (κ1) is 19.8. The van der Waals surface area contributed by atoms with Crippen LogP contribution >= 0.6 is 0 Å². The maximum absolute atomic E-state index is 12.5. The van der Waals surface area contributed by atoms with Crippen molar-refractivity contribution in [3.05, 3.63) is 29.8 Å². The van der Waals surface area contributed by atoms with E-state index < -0.39 is 21.4 Å². The molecule has 1 unspecified atom stereocenters. The van der Waals surface area contributed by atoms with Crippen LogP contribution in [0.3, 0.4) is 0 Å². The first-order valence-corrected chi connectivity index (χ1v) is 10.8. The van der Waals surface area contributed by atoms with Gasteiger partial charge in [-0.3, -0.25) is 9.59 Å². The van der Waals surface area contributed by atoms with Gasteiger partial charge in [0.05, 0.1) is 10.3 Å².